The van der Waals surface area contributed by atoms with E-state index in [0.717, 1.165) is 37.8 Å². The highest BCUT2D eigenvalue weighted by molar-refractivity contribution is 5.92. The van der Waals surface area contributed by atoms with E-state index in [1.807, 2.05) is 21.9 Å². The van der Waals surface area contributed by atoms with Crippen LogP contribution in [0.3, 0.4) is 0 Å². The Morgan fingerprint density at radius 3 is 2.54 bits per heavy atom. The van der Waals surface area contributed by atoms with Crippen LogP contribution in [-0.2, 0) is 11.3 Å². The van der Waals surface area contributed by atoms with Crippen LogP contribution >= 0.6 is 0 Å². The maximum atomic E-state index is 13.2. The fourth-order valence-electron chi connectivity index (χ4n) is 4.16. The van der Waals surface area contributed by atoms with Crippen molar-refractivity contribution in [2.24, 2.45) is 5.41 Å². The second kappa shape index (κ2) is 6.90. The Morgan fingerprint density at radius 1 is 1.08 bits per heavy atom. The van der Waals surface area contributed by atoms with Gasteiger partial charge in [0.15, 0.2) is 0 Å². The monoisotopic (exact) mass is 353 g/mol. The van der Waals surface area contributed by atoms with Crippen LogP contribution in [0.4, 0.5) is 0 Å². The number of hydrogen-bond acceptors (Lipinski definition) is 4. The number of pyridine rings is 1. The molecule has 0 radical (unpaired) electrons. The molecule has 2 fully saturated rings. The van der Waals surface area contributed by atoms with Crippen LogP contribution in [0.15, 0.2) is 36.8 Å². The van der Waals surface area contributed by atoms with Gasteiger partial charge in [-0.3, -0.25) is 19.7 Å². The summed E-state index contributed by atoms with van der Waals surface area (Å²) in [5.74, 6) is 0.212. The van der Waals surface area contributed by atoms with E-state index in [9.17, 15) is 9.59 Å². The molecule has 0 atom stereocenters. The van der Waals surface area contributed by atoms with E-state index in [-0.39, 0.29) is 17.2 Å². The molecule has 7 heteroatoms. The van der Waals surface area contributed by atoms with Crippen molar-refractivity contribution in [1.29, 1.82) is 0 Å². The second-order valence-electron chi connectivity index (χ2n) is 7.23. The number of piperidine rings is 2. The molecule has 1 N–H and O–H groups in total. The lowest BCUT2D eigenvalue weighted by atomic mass is 9.71. The lowest BCUT2D eigenvalue weighted by molar-refractivity contribution is -0.150. The van der Waals surface area contributed by atoms with Gasteiger partial charge in [-0.25, -0.2) is 0 Å². The molecule has 0 unspecified atom stereocenters. The summed E-state index contributed by atoms with van der Waals surface area (Å²) in [6, 6.07) is 5.61. The number of amides is 2. The lowest BCUT2D eigenvalue weighted by Gasteiger charge is -2.46. The number of rotatable bonds is 3. The molecule has 0 aliphatic carbocycles. The zero-order chi connectivity index (χ0) is 18.0. The summed E-state index contributed by atoms with van der Waals surface area (Å²) in [6.45, 7) is 2.68. The molecule has 1 spiro atoms. The van der Waals surface area contributed by atoms with Gasteiger partial charge < -0.3 is 9.80 Å². The number of carbonyl (C=O) groups is 2. The molecule has 2 saturated heterocycles. The van der Waals surface area contributed by atoms with E-state index in [4.69, 9.17) is 0 Å². The summed E-state index contributed by atoms with van der Waals surface area (Å²) < 4.78 is 0. The van der Waals surface area contributed by atoms with Gasteiger partial charge in [0.1, 0.15) is 5.69 Å². The van der Waals surface area contributed by atoms with E-state index < -0.39 is 0 Å². The first-order valence-electron chi connectivity index (χ1n) is 9.15. The zero-order valence-electron chi connectivity index (χ0n) is 14.7. The Labute approximate surface area is 152 Å². The van der Waals surface area contributed by atoms with Gasteiger partial charge in [0.05, 0.1) is 5.41 Å². The number of hydrogen-bond donors (Lipinski definition) is 1. The Kier molecular flexibility index (Phi) is 4.44. The van der Waals surface area contributed by atoms with Crippen molar-refractivity contribution in [2.45, 2.75) is 32.2 Å². The number of likely N-dealkylation sites (tertiary alicyclic amines) is 2. The van der Waals surface area contributed by atoms with Crippen LogP contribution in [0.1, 0.15) is 41.7 Å². The number of aromatic nitrogens is 3. The van der Waals surface area contributed by atoms with Crippen LogP contribution in [0.2, 0.25) is 0 Å². The molecule has 2 amide bonds. The van der Waals surface area contributed by atoms with Gasteiger partial charge in [0.2, 0.25) is 5.91 Å². The maximum absolute atomic E-state index is 13.2. The number of carbonyl (C=O) groups excluding carboxylic acids is 2. The largest absolute Gasteiger partial charge is 0.338 e. The molecule has 4 rings (SSSR count). The smallest absolute Gasteiger partial charge is 0.271 e. The van der Waals surface area contributed by atoms with E-state index in [1.165, 1.54) is 0 Å². The Hall–Kier alpha value is -2.70. The predicted octanol–water partition coefficient (Wildman–Crippen LogP) is 1.85. The summed E-state index contributed by atoms with van der Waals surface area (Å²) in [7, 11) is 0. The first kappa shape index (κ1) is 16.8. The number of nitrogens with zero attached hydrogens (tertiary/aromatic N) is 4. The molecule has 0 aromatic carbocycles. The third-order valence-corrected chi connectivity index (χ3v) is 5.69. The Bertz CT molecular complexity index is 766. The quantitative estimate of drug-likeness (QED) is 0.913. The van der Waals surface area contributed by atoms with Gasteiger partial charge in [-0.2, -0.15) is 5.10 Å². The molecule has 0 saturated carbocycles. The fourth-order valence-corrected chi connectivity index (χ4v) is 4.16. The van der Waals surface area contributed by atoms with Gasteiger partial charge in [-0.15, -0.1) is 0 Å². The molecule has 26 heavy (non-hydrogen) atoms. The number of H-pyrrole nitrogens is 1. The van der Waals surface area contributed by atoms with Crippen molar-refractivity contribution in [3.8, 4) is 0 Å². The molecule has 136 valence electrons. The summed E-state index contributed by atoms with van der Waals surface area (Å²) in [4.78, 5) is 33.5. The first-order valence-corrected chi connectivity index (χ1v) is 9.15. The standard InChI is InChI=1S/C19H23N5O2/c25-17(16-4-10-21-22-16)23-12-6-19(7-13-23)5-1-11-24(18(19)26)14-15-2-8-20-9-3-15/h2-4,8-10H,1,5-7,11-14H2,(H,21,22). The van der Waals surface area contributed by atoms with Gasteiger partial charge >= 0.3 is 0 Å². The van der Waals surface area contributed by atoms with Crippen molar-refractivity contribution < 1.29 is 9.59 Å². The minimum Gasteiger partial charge on any atom is -0.338 e. The van der Waals surface area contributed by atoms with Crippen LogP contribution < -0.4 is 0 Å². The van der Waals surface area contributed by atoms with Gasteiger partial charge in [0.25, 0.3) is 5.91 Å². The number of aromatic amines is 1. The predicted molar refractivity (Wildman–Crippen MR) is 95.0 cm³/mol. The summed E-state index contributed by atoms with van der Waals surface area (Å²) in [5.41, 5.74) is 1.31. The maximum Gasteiger partial charge on any atom is 0.271 e. The van der Waals surface area contributed by atoms with E-state index >= 15 is 0 Å². The molecule has 2 aromatic rings. The summed E-state index contributed by atoms with van der Waals surface area (Å²) in [5, 5.41) is 6.57. The minimum atomic E-state index is -0.309. The average Bonchev–Trinajstić information content (AvgIpc) is 3.21. The van der Waals surface area contributed by atoms with Crippen molar-refractivity contribution >= 4 is 11.8 Å². The van der Waals surface area contributed by atoms with E-state index in [2.05, 4.69) is 15.2 Å². The molecular formula is C19H23N5O2. The average molecular weight is 353 g/mol. The van der Waals surface area contributed by atoms with E-state index in [0.29, 0.717) is 25.3 Å². The zero-order valence-corrected chi connectivity index (χ0v) is 14.7. The highest BCUT2D eigenvalue weighted by Gasteiger charge is 2.46. The molecule has 2 aromatic heterocycles. The third-order valence-electron chi connectivity index (χ3n) is 5.69. The lowest BCUT2D eigenvalue weighted by Crippen LogP contribution is -2.54. The topological polar surface area (TPSA) is 82.2 Å². The van der Waals surface area contributed by atoms with E-state index in [1.54, 1.807) is 24.7 Å². The highest BCUT2D eigenvalue weighted by atomic mass is 16.2. The Balaban J connectivity index is 1.42. The summed E-state index contributed by atoms with van der Waals surface area (Å²) >= 11 is 0. The van der Waals surface area contributed by atoms with Crippen molar-refractivity contribution in [3.63, 3.8) is 0 Å². The van der Waals surface area contributed by atoms with Crippen LogP contribution in [0.5, 0.6) is 0 Å². The minimum absolute atomic E-state index is 0.0331. The normalized spacial score (nSPS) is 19.8. The third kappa shape index (κ3) is 3.09. The molecule has 0 bridgehead atoms. The molecule has 2 aliphatic rings. The van der Waals surface area contributed by atoms with Gasteiger partial charge in [-0.05, 0) is 49.4 Å². The van der Waals surface area contributed by atoms with Gasteiger partial charge in [-0.1, -0.05) is 0 Å². The fraction of sp³-hybridized carbons (Fsp3) is 0.474. The van der Waals surface area contributed by atoms with Crippen LogP contribution in [0, 0.1) is 5.41 Å². The van der Waals surface area contributed by atoms with Crippen molar-refractivity contribution in [3.05, 3.63) is 48.0 Å². The van der Waals surface area contributed by atoms with Crippen LogP contribution in [0.25, 0.3) is 0 Å². The first-order chi connectivity index (χ1) is 12.7. The van der Waals surface area contributed by atoms with Crippen molar-refractivity contribution in [2.75, 3.05) is 19.6 Å². The number of nitrogens with one attached hydrogen (secondary N) is 1. The Morgan fingerprint density at radius 2 is 1.85 bits per heavy atom. The van der Waals surface area contributed by atoms with Crippen molar-refractivity contribution in [1.82, 2.24) is 25.0 Å². The van der Waals surface area contributed by atoms with Crippen LogP contribution in [-0.4, -0.2) is 56.4 Å². The second-order valence-corrected chi connectivity index (χ2v) is 7.23. The van der Waals surface area contributed by atoms with Gasteiger partial charge in [0, 0.05) is 44.8 Å². The molecular weight excluding hydrogens is 330 g/mol. The molecule has 7 nitrogen and oxygen atoms in total. The highest BCUT2D eigenvalue weighted by Crippen LogP contribution is 2.41. The molecule has 4 heterocycles. The SMILES string of the molecule is O=C(c1ccn[nH]1)N1CCC2(CCCN(Cc3ccncc3)C2=O)CC1. The molecule has 2 aliphatic heterocycles. The summed E-state index contributed by atoms with van der Waals surface area (Å²) in [6.07, 6.45) is 8.52.